The highest BCUT2D eigenvalue weighted by molar-refractivity contribution is 5.79. The van der Waals surface area contributed by atoms with Gasteiger partial charge >= 0.3 is 0 Å². The van der Waals surface area contributed by atoms with Crippen molar-refractivity contribution < 1.29 is 0 Å². The van der Waals surface area contributed by atoms with Crippen LogP contribution in [0.5, 0.6) is 0 Å². The molecule has 0 spiro atoms. The van der Waals surface area contributed by atoms with Crippen molar-refractivity contribution in [2.75, 3.05) is 34.2 Å². The number of hydrogen-bond acceptors (Lipinski definition) is 3. The van der Waals surface area contributed by atoms with Crippen LogP contribution in [0.15, 0.2) is 59.7 Å². The highest BCUT2D eigenvalue weighted by Crippen LogP contribution is 2.16. The first kappa shape index (κ1) is 17.9. The zero-order chi connectivity index (χ0) is 17.2. The van der Waals surface area contributed by atoms with Crippen LogP contribution in [0.3, 0.4) is 0 Å². The Bertz CT molecular complexity index is 610. The Labute approximate surface area is 144 Å². The van der Waals surface area contributed by atoms with Gasteiger partial charge in [0.15, 0.2) is 5.96 Å². The molecular weight excluding hydrogens is 298 g/mol. The van der Waals surface area contributed by atoms with E-state index in [1.165, 1.54) is 5.56 Å². The minimum Gasteiger partial charge on any atom is -0.356 e. The average molecular weight is 325 g/mol. The van der Waals surface area contributed by atoms with E-state index in [4.69, 9.17) is 0 Å². The van der Waals surface area contributed by atoms with Gasteiger partial charge in [-0.05, 0) is 31.8 Å². The van der Waals surface area contributed by atoms with Crippen LogP contribution in [-0.2, 0) is 6.42 Å². The van der Waals surface area contributed by atoms with E-state index < -0.39 is 0 Å². The molecule has 5 nitrogen and oxygen atoms in total. The van der Waals surface area contributed by atoms with Gasteiger partial charge in [-0.1, -0.05) is 36.4 Å². The van der Waals surface area contributed by atoms with Crippen molar-refractivity contribution in [2.45, 2.75) is 12.5 Å². The molecule has 1 unspecified atom stereocenters. The summed E-state index contributed by atoms with van der Waals surface area (Å²) >= 11 is 0. The predicted octanol–water partition coefficient (Wildman–Crippen LogP) is 2.09. The molecule has 0 saturated heterocycles. The van der Waals surface area contributed by atoms with Crippen LogP contribution >= 0.6 is 0 Å². The molecule has 0 fully saturated rings. The van der Waals surface area contributed by atoms with E-state index in [1.54, 1.807) is 7.05 Å². The highest BCUT2D eigenvalue weighted by atomic mass is 15.2. The Hall–Kier alpha value is -2.40. The number of benzene rings is 1. The van der Waals surface area contributed by atoms with Crippen molar-refractivity contribution in [1.82, 2.24) is 20.5 Å². The summed E-state index contributed by atoms with van der Waals surface area (Å²) in [4.78, 5) is 10.8. The van der Waals surface area contributed by atoms with E-state index in [-0.39, 0.29) is 0 Å². The molecule has 1 heterocycles. The normalized spacial score (nSPS) is 12.9. The minimum absolute atomic E-state index is 0.292. The van der Waals surface area contributed by atoms with Crippen LogP contribution in [0, 0.1) is 0 Å². The van der Waals surface area contributed by atoms with Crippen molar-refractivity contribution in [1.29, 1.82) is 0 Å². The number of guanidine groups is 1. The third kappa shape index (κ3) is 5.66. The standard InChI is InChI=1S/C19H27N5/c1-20-19(22-14-12-17-11-7-8-13-21-17)23-15-18(24(2)3)16-9-5-4-6-10-16/h4-11,13,18H,12,14-15H2,1-3H3,(H2,20,22,23). The smallest absolute Gasteiger partial charge is 0.191 e. The largest absolute Gasteiger partial charge is 0.356 e. The average Bonchev–Trinajstić information content (AvgIpc) is 2.62. The van der Waals surface area contributed by atoms with Gasteiger partial charge < -0.3 is 15.5 Å². The summed E-state index contributed by atoms with van der Waals surface area (Å²) in [6.07, 6.45) is 2.70. The summed E-state index contributed by atoms with van der Waals surface area (Å²) in [5, 5.41) is 6.76. The van der Waals surface area contributed by atoms with Crippen molar-refractivity contribution in [3.63, 3.8) is 0 Å². The molecule has 1 aromatic heterocycles. The Morgan fingerprint density at radius 1 is 1.08 bits per heavy atom. The number of pyridine rings is 1. The minimum atomic E-state index is 0.292. The molecule has 0 radical (unpaired) electrons. The van der Waals surface area contributed by atoms with Gasteiger partial charge in [0.2, 0.25) is 0 Å². The fourth-order valence-electron chi connectivity index (χ4n) is 2.54. The number of nitrogens with one attached hydrogen (secondary N) is 2. The maximum absolute atomic E-state index is 4.33. The Morgan fingerprint density at radius 2 is 1.83 bits per heavy atom. The molecule has 0 aliphatic heterocycles. The number of aromatic nitrogens is 1. The van der Waals surface area contributed by atoms with Crippen molar-refractivity contribution in [3.8, 4) is 0 Å². The number of rotatable bonds is 7. The summed E-state index contributed by atoms with van der Waals surface area (Å²) < 4.78 is 0. The van der Waals surface area contributed by atoms with Gasteiger partial charge in [0.25, 0.3) is 0 Å². The number of likely N-dealkylation sites (N-methyl/N-ethyl adjacent to an activating group) is 1. The number of hydrogen-bond donors (Lipinski definition) is 2. The third-order valence-corrected chi connectivity index (χ3v) is 3.89. The van der Waals surface area contributed by atoms with Crippen LogP contribution in [-0.4, -0.2) is 50.1 Å². The fraction of sp³-hybridized carbons (Fsp3) is 0.368. The second-order valence-corrected chi connectivity index (χ2v) is 5.84. The lowest BCUT2D eigenvalue weighted by Crippen LogP contribution is -2.42. The van der Waals surface area contributed by atoms with E-state index in [9.17, 15) is 0 Å². The predicted molar refractivity (Wildman–Crippen MR) is 100 cm³/mol. The van der Waals surface area contributed by atoms with Crippen LogP contribution in [0.25, 0.3) is 0 Å². The van der Waals surface area contributed by atoms with Gasteiger partial charge in [-0.25, -0.2) is 0 Å². The molecule has 1 atom stereocenters. The lowest BCUT2D eigenvalue weighted by Gasteiger charge is -2.26. The van der Waals surface area contributed by atoms with E-state index >= 15 is 0 Å². The van der Waals surface area contributed by atoms with Gasteiger partial charge in [-0.15, -0.1) is 0 Å². The molecule has 2 aromatic rings. The summed E-state index contributed by atoms with van der Waals surface area (Å²) in [7, 11) is 5.98. The SMILES string of the molecule is CN=C(NCCc1ccccn1)NCC(c1ccccc1)N(C)C. The van der Waals surface area contributed by atoms with Crippen LogP contribution in [0.4, 0.5) is 0 Å². The zero-order valence-corrected chi connectivity index (χ0v) is 14.7. The van der Waals surface area contributed by atoms with Gasteiger partial charge in [-0.2, -0.15) is 0 Å². The second-order valence-electron chi connectivity index (χ2n) is 5.84. The van der Waals surface area contributed by atoms with Gasteiger partial charge in [0.1, 0.15) is 0 Å². The van der Waals surface area contributed by atoms with Crippen LogP contribution in [0.1, 0.15) is 17.3 Å². The van der Waals surface area contributed by atoms with Crippen LogP contribution in [0.2, 0.25) is 0 Å². The molecule has 24 heavy (non-hydrogen) atoms. The molecule has 0 saturated carbocycles. The zero-order valence-electron chi connectivity index (χ0n) is 14.7. The summed E-state index contributed by atoms with van der Waals surface area (Å²) in [5.74, 6) is 0.814. The molecule has 128 valence electrons. The quantitative estimate of drug-likeness (QED) is 0.605. The molecular formula is C19H27N5. The summed E-state index contributed by atoms with van der Waals surface area (Å²) in [6.45, 7) is 1.59. The first-order chi connectivity index (χ1) is 11.7. The first-order valence-corrected chi connectivity index (χ1v) is 8.26. The number of nitrogens with zero attached hydrogens (tertiary/aromatic N) is 3. The monoisotopic (exact) mass is 325 g/mol. The van der Waals surface area contributed by atoms with Crippen molar-refractivity contribution >= 4 is 5.96 Å². The van der Waals surface area contributed by atoms with Gasteiger partial charge in [-0.3, -0.25) is 9.98 Å². The van der Waals surface area contributed by atoms with Crippen molar-refractivity contribution in [3.05, 3.63) is 66.0 Å². The maximum Gasteiger partial charge on any atom is 0.191 e. The summed E-state index contributed by atoms with van der Waals surface area (Å²) in [5.41, 5.74) is 2.37. The summed E-state index contributed by atoms with van der Waals surface area (Å²) in [6, 6.07) is 16.8. The van der Waals surface area contributed by atoms with Crippen LogP contribution < -0.4 is 10.6 Å². The fourth-order valence-corrected chi connectivity index (χ4v) is 2.54. The third-order valence-electron chi connectivity index (χ3n) is 3.89. The molecule has 0 amide bonds. The van der Waals surface area contributed by atoms with Gasteiger partial charge in [0.05, 0.1) is 6.04 Å². The topological polar surface area (TPSA) is 52.6 Å². The molecule has 0 bridgehead atoms. The molecule has 5 heteroatoms. The van der Waals surface area contributed by atoms with Crippen molar-refractivity contribution in [2.24, 2.45) is 4.99 Å². The molecule has 2 N–H and O–H groups in total. The van der Waals surface area contributed by atoms with E-state index in [1.807, 2.05) is 30.5 Å². The number of aliphatic imine (C=N–C) groups is 1. The van der Waals surface area contributed by atoms with Gasteiger partial charge in [0, 0.05) is 38.4 Å². The Morgan fingerprint density at radius 3 is 2.46 bits per heavy atom. The maximum atomic E-state index is 4.33. The lowest BCUT2D eigenvalue weighted by molar-refractivity contribution is 0.298. The van der Waals surface area contributed by atoms with E-state index in [0.29, 0.717) is 6.04 Å². The Kier molecular flexibility index (Phi) is 7.23. The van der Waals surface area contributed by atoms with E-state index in [2.05, 4.69) is 63.9 Å². The van der Waals surface area contributed by atoms with E-state index in [0.717, 1.165) is 31.2 Å². The molecule has 0 aliphatic carbocycles. The Balaban J connectivity index is 1.83. The molecule has 2 rings (SSSR count). The molecule has 0 aliphatic rings. The molecule has 1 aromatic carbocycles. The highest BCUT2D eigenvalue weighted by Gasteiger charge is 2.14. The first-order valence-electron chi connectivity index (χ1n) is 8.26. The lowest BCUT2D eigenvalue weighted by atomic mass is 10.1. The second kappa shape index (κ2) is 9.67.